The summed E-state index contributed by atoms with van der Waals surface area (Å²) < 4.78 is 78.7. The highest BCUT2D eigenvalue weighted by Crippen LogP contribution is 2.38. The van der Waals surface area contributed by atoms with Crippen molar-refractivity contribution in [2.24, 2.45) is 0 Å². The van der Waals surface area contributed by atoms with Crippen molar-refractivity contribution in [3.8, 4) is 0 Å². The summed E-state index contributed by atoms with van der Waals surface area (Å²) in [5, 5.41) is 2.99. The molecule has 0 aromatic heterocycles. The average molecular weight is 576 g/mol. The number of alkyl halides is 6. The van der Waals surface area contributed by atoms with Crippen molar-refractivity contribution >= 4 is 11.6 Å². The van der Waals surface area contributed by atoms with Crippen molar-refractivity contribution in [2.45, 2.75) is 49.5 Å². The van der Waals surface area contributed by atoms with Crippen LogP contribution in [0.4, 0.5) is 32.0 Å². The molecular weight excluding hydrogens is 544 g/mol. The molecule has 2 aliphatic rings. The number of piperidine rings is 1. The predicted molar refractivity (Wildman–Crippen MR) is 144 cm³/mol. The minimum Gasteiger partial charge on any atom is -0.339 e. The Morgan fingerprint density at radius 2 is 1.27 bits per heavy atom. The lowest BCUT2D eigenvalue weighted by atomic mass is 9.84. The molecule has 218 valence electrons. The van der Waals surface area contributed by atoms with E-state index >= 15 is 0 Å². The molecule has 0 aliphatic carbocycles. The molecule has 0 unspecified atom stereocenters. The number of carbonyl (C=O) groups excluding carboxylic acids is 1. The standard InChI is InChI=1S/C31H31F6N3O/c32-30(33,34)24-12-8-22(9-13-24)27(23-10-14-25(15-11-23)31(35,36)37)7-4-18-39-19-16-29(17-20-39)28(41)38-21-40(29)26-5-2-1-3-6-26/h1-3,5-6,8-15,27H,4,7,16-21H2,(H,38,41). The molecule has 2 aliphatic heterocycles. The Kier molecular flexibility index (Phi) is 8.05. The monoisotopic (exact) mass is 575 g/mol. The lowest BCUT2D eigenvalue weighted by Crippen LogP contribution is -2.56. The summed E-state index contributed by atoms with van der Waals surface area (Å²) in [4.78, 5) is 17.3. The molecule has 0 saturated carbocycles. The second kappa shape index (κ2) is 11.4. The fourth-order valence-electron chi connectivity index (χ4n) is 6.03. The van der Waals surface area contributed by atoms with Gasteiger partial charge in [0.05, 0.1) is 17.8 Å². The highest BCUT2D eigenvalue weighted by atomic mass is 19.4. The van der Waals surface area contributed by atoms with E-state index in [1.54, 1.807) is 0 Å². The van der Waals surface area contributed by atoms with Crippen LogP contribution < -0.4 is 10.2 Å². The summed E-state index contributed by atoms with van der Waals surface area (Å²) in [5.74, 6) is -0.324. The first-order valence-electron chi connectivity index (χ1n) is 13.6. The maximum absolute atomic E-state index is 13.1. The summed E-state index contributed by atoms with van der Waals surface area (Å²) in [6.45, 7) is 2.59. The number of halogens is 6. The van der Waals surface area contributed by atoms with Gasteiger partial charge < -0.3 is 15.1 Å². The third-order valence-electron chi connectivity index (χ3n) is 8.34. The summed E-state index contributed by atoms with van der Waals surface area (Å²) in [6.07, 6.45) is -6.38. The largest absolute Gasteiger partial charge is 0.416 e. The second-order valence-electron chi connectivity index (χ2n) is 10.7. The normalized spacial score (nSPS) is 17.8. The minimum absolute atomic E-state index is 0.0330. The lowest BCUT2D eigenvalue weighted by molar-refractivity contribution is -0.138. The van der Waals surface area contributed by atoms with Crippen molar-refractivity contribution in [2.75, 3.05) is 31.2 Å². The molecule has 3 aromatic carbocycles. The molecule has 1 amide bonds. The van der Waals surface area contributed by atoms with Crippen molar-refractivity contribution in [1.29, 1.82) is 0 Å². The Hall–Kier alpha value is -3.53. The van der Waals surface area contributed by atoms with Crippen molar-refractivity contribution < 1.29 is 31.1 Å². The molecule has 0 bridgehead atoms. The fourth-order valence-corrected chi connectivity index (χ4v) is 6.03. The number of nitrogens with zero attached hydrogens (tertiary/aromatic N) is 2. The summed E-state index contributed by atoms with van der Waals surface area (Å²) in [6, 6.07) is 19.5. The van der Waals surface area contributed by atoms with Gasteiger partial charge in [0.2, 0.25) is 5.91 Å². The van der Waals surface area contributed by atoms with Crippen LogP contribution in [0.25, 0.3) is 0 Å². The molecule has 2 saturated heterocycles. The van der Waals surface area contributed by atoms with Crippen LogP contribution in [0.1, 0.15) is 53.9 Å². The summed E-state index contributed by atoms with van der Waals surface area (Å²) in [7, 11) is 0. The van der Waals surface area contributed by atoms with E-state index < -0.39 is 29.0 Å². The first-order valence-corrected chi connectivity index (χ1v) is 13.6. The van der Waals surface area contributed by atoms with Gasteiger partial charge in [0, 0.05) is 24.7 Å². The molecule has 0 atom stereocenters. The molecule has 10 heteroatoms. The average Bonchev–Trinajstić information content (AvgIpc) is 3.27. The molecule has 0 radical (unpaired) electrons. The van der Waals surface area contributed by atoms with Gasteiger partial charge in [0.1, 0.15) is 5.54 Å². The molecule has 2 fully saturated rings. The van der Waals surface area contributed by atoms with Gasteiger partial charge in [0.15, 0.2) is 0 Å². The molecular formula is C31H31F6N3O. The first kappa shape index (κ1) is 29.0. The molecule has 4 nitrogen and oxygen atoms in total. The maximum atomic E-state index is 13.1. The van der Waals surface area contributed by atoms with E-state index in [9.17, 15) is 31.1 Å². The van der Waals surface area contributed by atoms with E-state index in [-0.39, 0.29) is 11.8 Å². The molecule has 2 heterocycles. The van der Waals surface area contributed by atoms with Gasteiger partial charge in [-0.25, -0.2) is 0 Å². The van der Waals surface area contributed by atoms with Gasteiger partial charge in [0.25, 0.3) is 0 Å². The Labute approximate surface area is 235 Å². The maximum Gasteiger partial charge on any atom is 0.416 e. The van der Waals surface area contributed by atoms with Gasteiger partial charge in [-0.3, -0.25) is 4.79 Å². The number of nitrogens with one attached hydrogen (secondary N) is 1. The summed E-state index contributed by atoms with van der Waals surface area (Å²) >= 11 is 0. The first-order chi connectivity index (χ1) is 19.5. The number of para-hydroxylation sites is 1. The SMILES string of the molecule is O=C1NCN(c2ccccc2)C12CCN(CCCC(c1ccc(C(F)(F)F)cc1)c1ccc(C(F)(F)F)cc1)CC2. The Morgan fingerprint density at radius 1 is 0.756 bits per heavy atom. The number of hydrogen-bond acceptors (Lipinski definition) is 3. The van der Waals surface area contributed by atoms with Gasteiger partial charge in [-0.15, -0.1) is 0 Å². The van der Waals surface area contributed by atoms with E-state index in [0.717, 1.165) is 30.0 Å². The van der Waals surface area contributed by atoms with E-state index in [0.29, 0.717) is 63.1 Å². The number of likely N-dealkylation sites (tertiary alicyclic amines) is 1. The van der Waals surface area contributed by atoms with Crippen molar-refractivity contribution in [1.82, 2.24) is 10.2 Å². The number of amides is 1. The predicted octanol–water partition coefficient (Wildman–Crippen LogP) is 7.06. The van der Waals surface area contributed by atoms with Gasteiger partial charge in [-0.1, -0.05) is 42.5 Å². The Morgan fingerprint density at radius 3 is 1.76 bits per heavy atom. The van der Waals surface area contributed by atoms with Crippen LogP contribution in [0.15, 0.2) is 78.9 Å². The minimum atomic E-state index is -4.47. The van der Waals surface area contributed by atoms with Crippen LogP contribution in [0.2, 0.25) is 0 Å². The highest BCUT2D eigenvalue weighted by Gasteiger charge is 2.50. The van der Waals surface area contributed by atoms with E-state index in [4.69, 9.17) is 0 Å². The van der Waals surface area contributed by atoms with Crippen LogP contribution in [-0.2, 0) is 17.1 Å². The number of rotatable bonds is 7. The highest BCUT2D eigenvalue weighted by molar-refractivity contribution is 5.93. The van der Waals surface area contributed by atoms with Gasteiger partial charge in [-0.05, 0) is 79.8 Å². The van der Waals surface area contributed by atoms with Crippen LogP contribution >= 0.6 is 0 Å². The number of anilines is 1. The van der Waals surface area contributed by atoms with Gasteiger partial charge >= 0.3 is 12.4 Å². The van der Waals surface area contributed by atoms with Crippen LogP contribution in [0.3, 0.4) is 0 Å². The molecule has 5 rings (SSSR count). The molecule has 3 aromatic rings. The zero-order valence-electron chi connectivity index (χ0n) is 22.3. The smallest absolute Gasteiger partial charge is 0.339 e. The van der Waals surface area contributed by atoms with E-state index in [1.807, 2.05) is 30.3 Å². The Balaban J connectivity index is 1.26. The van der Waals surface area contributed by atoms with Gasteiger partial charge in [-0.2, -0.15) is 26.3 Å². The number of hydrogen-bond donors (Lipinski definition) is 1. The fraction of sp³-hybridized carbons (Fsp3) is 0.387. The quantitative estimate of drug-likeness (QED) is 0.307. The second-order valence-corrected chi connectivity index (χ2v) is 10.7. The Bertz CT molecular complexity index is 1260. The van der Waals surface area contributed by atoms with Crippen LogP contribution in [0, 0.1) is 0 Å². The zero-order valence-corrected chi connectivity index (χ0v) is 22.3. The number of carbonyl (C=O) groups is 1. The molecule has 1 N–H and O–H groups in total. The van der Waals surface area contributed by atoms with Crippen LogP contribution in [-0.4, -0.2) is 42.6 Å². The van der Waals surface area contributed by atoms with Crippen LogP contribution in [0.5, 0.6) is 0 Å². The van der Waals surface area contributed by atoms with Crippen molar-refractivity contribution in [3.05, 3.63) is 101 Å². The third kappa shape index (κ3) is 6.22. The lowest BCUT2D eigenvalue weighted by Gasteiger charge is -2.43. The number of benzene rings is 3. The van der Waals surface area contributed by atoms with E-state index in [2.05, 4.69) is 15.1 Å². The summed E-state index contributed by atoms with van der Waals surface area (Å²) in [5.41, 5.74) is 0.106. The van der Waals surface area contributed by atoms with E-state index in [1.165, 1.54) is 24.3 Å². The zero-order chi connectivity index (χ0) is 29.3. The molecule has 1 spiro atoms. The van der Waals surface area contributed by atoms with Crippen molar-refractivity contribution in [3.63, 3.8) is 0 Å². The molecule has 41 heavy (non-hydrogen) atoms. The topological polar surface area (TPSA) is 35.6 Å². The third-order valence-corrected chi connectivity index (χ3v) is 8.34.